The van der Waals surface area contributed by atoms with Crippen molar-refractivity contribution < 1.29 is 8.42 Å². The molecule has 5 nitrogen and oxygen atoms in total. The fraction of sp³-hybridized carbons (Fsp3) is 0.353. The highest BCUT2D eigenvalue weighted by Gasteiger charge is 2.19. The lowest BCUT2D eigenvalue weighted by Gasteiger charge is -2.31. The van der Waals surface area contributed by atoms with E-state index in [4.69, 9.17) is 11.6 Å². The predicted molar refractivity (Wildman–Crippen MR) is 97.1 cm³/mol. The molecule has 1 aromatic heterocycles. The minimum absolute atomic E-state index is 0.0563. The first-order chi connectivity index (χ1) is 11.5. The van der Waals surface area contributed by atoms with Crippen molar-refractivity contribution in [3.63, 3.8) is 0 Å². The number of anilines is 2. The van der Waals surface area contributed by atoms with Crippen molar-refractivity contribution in [3.05, 3.63) is 47.6 Å². The smallest absolute Gasteiger partial charge is 0.263 e. The highest BCUT2D eigenvalue weighted by Crippen LogP contribution is 2.25. The van der Waals surface area contributed by atoms with Crippen LogP contribution in [0, 0.1) is 5.92 Å². The van der Waals surface area contributed by atoms with Gasteiger partial charge in [-0.2, -0.15) is 0 Å². The zero-order valence-corrected chi connectivity index (χ0v) is 15.0. The molecule has 0 saturated carbocycles. The summed E-state index contributed by atoms with van der Waals surface area (Å²) in [6.45, 7) is 4.23. The molecule has 2 heterocycles. The Kier molecular flexibility index (Phi) is 4.96. The van der Waals surface area contributed by atoms with Crippen LogP contribution in [0.5, 0.6) is 0 Å². The Morgan fingerprint density at radius 3 is 2.50 bits per heavy atom. The Morgan fingerprint density at radius 2 is 1.88 bits per heavy atom. The van der Waals surface area contributed by atoms with Gasteiger partial charge in [0.25, 0.3) is 10.0 Å². The summed E-state index contributed by atoms with van der Waals surface area (Å²) in [6.07, 6.45) is 3.85. The fourth-order valence-corrected chi connectivity index (χ4v) is 4.31. The molecule has 0 bridgehead atoms. The first-order valence-electron chi connectivity index (χ1n) is 7.94. The van der Waals surface area contributed by atoms with Gasteiger partial charge in [-0.05, 0) is 43.0 Å². The SMILES string of the molecule is CC1CCN(c2ccc(NS(=O)(=O)c3ccccc3Cl)cn2)CC1. The number of pyridine rings is 1. The van der Waals surface area contributed by atoms with Crippen LogP contribution >= 0.6 is 11.6 Å². The minimum Gasteiger partial charge on any atom is -0.357 e. The predicted octanol–water partition coefficient (Wildman–Crippen LogP) is 3.77. The third-order valence-corrected chi connectivity index (χ3v) is 6.11. The first kappa shape index (κ1) is 17.0. The molecular formula is C17H20ClN3O2S. The molecule has 1 aliphatic rings. The molecule has 24 heavy (non-hydrogen) atoms. The van der Waals surface area contributed by atoms with E-state index in [1.54, 1.807) is 30.5 Å². The van der Waals surface area contributed by atoms with Crippen LogP contribution in [0.25, 0.3) is 0 Å². The van der Waals surface area contributed by atoms with Gasteiger partial charge >= 0.3 is 0 Å². The Morgan fingerprint density at radius 1 is 1.17 bits per heavy atom. The van der Waals surface area contributed by atoms with Crippen LogP contribution in [0.1, 0.15) is 19.8 Å². The van der Waals surface area contributed by atoms with E-state index in [1.165, 1.54) is 6.07 Å². The molecule has 1 aliphatic heterocycles. The number of hydrogen-bond acceptors (Lipinski definition) is 4. The molecule has 0 aliphatic carbocycles. The number of rotatable bonds is 4. The van der Waals surface area contributed by atoms with Gasteiger partial charge in [0.05, 0.1) is 16.9 Å². The third kappa shape index (κ3) is 3.82. The first-order valence-corrected chi connectivity index (χ1v) is 9.80. The lowest BCUT2D eigenvalue weighted by molar-refractivity contribution is 0.436. The van der Waals surface area contributed by atoms with Gasteiger partial charge in [-0.25, -0.2) is 13.4 Å². The topological polar surface area (TPSA) is 62.3 Å². The highest BCUT2D eigenvalue weighted by molar-refractivity contribution is 7.92. The normalized spacial score (nSPS) is 16.2. The minimum atomic E-state index is -3.72. The third-order valence-electron chi connectivity index (χ3n) is 4.23. The van der Waals surface area contributed by atoms with E-state index in [1.807, 2.05) is 6.07 Å². The zero-order chi connectivity index (χ0) is 17.2. The highest BCUT2D eigenvalue weighted by atomic mass is 35.5. The van der Waals surface area contributed by atoms with Gasteiger partial charge in [0, 0.05) is 13.1 Å². The Bertz CT molecular complexity index is 801. The Hall–Kier alpha value is -1.79. The molecule has 0 radical (unpaired) electrons. The van der Waals surface area contributed by atoms with E-state index >= 15 is 0 Å². The summed E-state index contributed by atoms with van der Waals surface area (Å²) in [5, 5.41) is 0.192. The quantitative estimate of drug-likeness (QED) is 0.895. The van der Waals surface area contributed by atoms with Crippen molar-refractivity contribution in [2.24, 2.45) is 5.92 Å². The van der Waals surface area contributed by atoms with Crippen molar-refractivity contribution in [3.8, 4) is 0 Å². The Balaban J connectivity index is 1.73. The van der Waals surface area contributed by atoms with Crippen molar-refractivity contribution in [1.82, 2.24) is 4.98 Å². The van der Waals surface area contributed by atoms with E-state index in [-0.39, 0.29) is 9.92 Å². The summed E-state index contributed by atoms with van der Waals surface area (Å²) in [4.78, 5) is 6.68. The summed E-state index contributed by atoms with van der Waals surface area (Å²) >= 11 is 5.97. The lowest BCUT2D eigenvalue weighted by Crippen LogP contribution is -2.33. The second kappa shape index (κ2) is 6.99. The van der Waals surface area contributed by atoms with Gasteiger partial charge < -0.3 is 4.90 Å². The number of halogens is 1. The van der Waals surface area contributed by atoms with E-state index in [0.717, 1.165) is 37.7 Å². The van der Waals surface area contributed by atoms with Crippen molar-refractivity contribution in [2.45, 2.75) is 24.7 Å². The van der Waals surface area contributed by atoms with Gasteiger partial charge in [-0.1, -0.05) is 30.7 Å². The molecule has 1 aromatic carbocycles. The van der Waals surface area contributed by atoms with Crippen molar-refractivity contribution in [1.29, 1.82) is 0 Å². The number of piperidine rings is 1. The number of nitrogens with one attached hydrogen (secondary N) is 1. The van der Waals surface area contributed by atoms with Crippen LogP contribution < -0.4 is 9.62 Å². The summed E-state index contributed by atoms with van der Waals surface area (Å²) in [6, 6.07) is 9.93. The largest absolute Gasteiger partial charge is 0.357 e. The van der Waals surface area contributed by atoms with Crippen LogP contribution in [0.2, 0.25) is 5.02 Å². The van der Waals surface area contributed by atoms with Crippen LogP contribution in [0.15, 0.2) is 47.5 Å². The standard InChI is InChI=1S/C17H20ClN3O2S/c1-13-8-10-21(11-9-13)17-7-6-14(12-19-17)20-24(22,23)16-5-3-2-4-15(16)18/h2-7,12-13,20H,8-11H2,1H3. The number of nitrogens with zero attached hydrogens (tertiary/aromatic N) is 2. The molecule has 2 aromatic rings. The maximum Gasteiger partial charge on any atom is 0.263 e. The van der Waals surface area contributed by atoms with Crippen molar-refractivity contribution >= 4 is 33.1 Å². The average molecular weight is 366 g/mol. The Labute approximate surface area is 147 Å². The molecule has 1 fully saturated rings. The summed E-state index contributed by atoms with van der Waals surface area (Å²) in [5.41, 5.74) is 0.420. The summed E-state index contributed by atoms with van der Waals surface area (Å²) in [5.74, 6) is 1.63. The second-order valence-electron chi connectivity index (χ2n) is 6.11. The molecule has 0 atom stereocenters. The molecule has 0 unspecified atom stereocenters. The van der Waals surface area contributed by atoms with Gasteiger partial charge in [0.2, 0.25) is 0 Å². The van der Waals surface area contributed by atoms with E-state index in [9.17, 15) is 8.42 Å². The molecule has 7 heteroatoms. The van der Waals surface area contributed by atoms with Gasteiger partial charge in [0.1, 0.15) is 10.7 Å². The molecule has 1 N–H and O–H groups in total. The van der Waals surface area contributed by atoms with Crippen LogP contribution in [-0.2, 0) is 10.0 Å². The van der Waals surface area contributed by atoms with Crippen molar-refractivity contribution in [2.75, 3.05) is 22.7 Å². The number of aromatic nitrogens is 1. The van der Waals surface area contributed by atoms with E-state index < -0.39 is 10.0 Å². The zero-order valence-electron chi connectivity index (χ0n) is 13.4. The maximum atomic E-state index is 12.4. The van der Waals surface area contributed by atoms with Crippen LogP contribution in [0.3, 0.4) is 0 Å². The fourth-order valence-electron chi connectivity index (χ4n) is 2.74. The summed E-state index contributed by atoms with van der Waals surface area (Å²) in [7, 11) is -3.72. The number of hydrogen-bond donors (Lipinski definition) is 1. The molecule has 128 valence electrons. The van der Waals surface area contributed by atoms with E-state index in [2.05, 4.69) is 21.5 Å². The maximum absolute atomic E-state index is 12.4. The lowest BCUT2D eigenvalue weighted by atomic mass is 9.99. The molecule has 0 spiro atoms. The van der Waals surface area contributed by atoms with Gasteiger partial charge in [-0.15, -0.1) is 0 Å². The second-order valence-corrected chi connectivity index (χ2v) is 8.17. The van der Waals surface area contributed by atoms with E-state index in [0.29, 0.717) is 5.69 Å². The average Bonchev–Trinajstić information content (AvgIpc) is 2.56. The molecular weight excluding hydrogens is 346 g/mol. The molecule has 0 amide bonds. The van der Waals surface area contributed by atoms with Gasteiger partial charge in [0.15, 0.2) is 0 Å². The van der Waals surface area contributed by atoms with Gasteiger partial charge in [-0.3, -0.25) is 4.72 Å². The molecule has 3 rings (SSSR count). The summed E-state index contributed by atoms with van der Waals surface area (Å²) < 4.78 is 27.3. The number of benzene rings is 1. The number of sulfonamides is 1. The van der Waals surface area contributed by atoms with Crippen LogP contribution in [-0.4, -0.2) is 26.5 Å². The molecule has 1 saturated heterocycles. The van der Waals surface area contributed by atoms with Crippen LogP contribution in [0.4, 0.5) is 11.5 Å². The monoisotopic (exact) mass is 365 g/mol.